The van der Waals surface area contributed by atoms with E-state index in [1.54, 1.807) is 0 Å². The van der Waals surface area contributed by atoms with Crippen LogP contribution in [-0.2, 0) is 0 Å². The van der Waals surface area contributed by atoms with E-state index in [1.165, 1.54) is 0 Å². The Morgan fingerprint density at radius 3 is 2.35 bits per heavy atom. The number of allylic oxidation sites excluding steroid dienone is 1. The molecular weight excluding hydrogens is 322 g/mol. The summed E-state index contributed by atoms with van der Waals surface area (Å²) < 4.78 is 0. The monoisotopic (exact) mass is 353 g/mol. The molecule has 5 heteroatoms. The zero-order chi connectivity index (χ0) is 19.4. The Hall–Kier alpha value is -2.43. The van der Waals surface area contributed by atoms with Gasteiger partial charge < -0.3 is 10.6 Å². The number of rotatable bonds is 7. The molecular formula is C21H31N5. The summed E-state index contributed by atoms with van der Waals surface area (Å²) >= 11 is 0. The van der Waals surface area contributed by atoms with Crippen molar-refractivity contribution in [2.24, 2.45) is 0 Å². The predicted octanol–water partition coefficient (Wildman–Crippen LogP) is 5.26. The quantitative estimate of drug-likeness (QED) is 0.711. The summed E-state index contributed by atoms with van der Waals surface area (Å²) in [5.74, 6) is 1.99. The molecule has 0 aromatic carbocycles. The normalized spacial score (nSPS) is 12.2. The van der Waals surface area contributed by atoms with Crippen LogP contribution in [0.2, 0.25) is 0 Å². The van der Waals surface area contributed by atoms with Crippen molar-refractivity contribution in [2.45, 2.75) is 59.9 Å². The fourth-order valence-corrected chi connectivity index (χ4v) is 2.69. The Balaban J connectivity index is 2.60. The summed E-state index contributed by atoms with van der Waals surface area (Å²) in [5.41, 5.74) is 5.42. The maximum atomic E-state index is 4.91. The molecule has 0 radical (unpaired) electrons. The third-order valence-corrected chi connectivity index (χ3v) is 4.47. The van der Waals surface area contributed by atoms with Crippen LogP contribution in [0, 0.1) is 6.92 Å². The summed E-state index contributed by atoms with van der Waals surface area (Å²) in [6.07, 6.45) is 1.02. The Bertz CT molecular complexity index is 795. The van der Waals surface area contributed by atoms with E-state index in [0.29, 0.717) is 12.0 Å². The molecule has 0 aliphatic heterocycles. The van der Waals surface area contributed by atoms with Crippen LogP contribution < -0.4 is 10.6 Å². The maximum absolute atomic E-state index is 4.91. The van der Waals surface area contributed by atoms with Gasteiger partial charge in [0.1, 0.15) is 11.5 Å². The standard InChI is InChI=1S/C21H31N5/c1-9-14(6)23-21-18(13(4)5)26-19(15(7)24-21)16-10-11-17(12(2)3)25-20(16)22-8/h10-12,14H,4,9H2,1-3,5-8H3,(H,22,25)(H,23,24). The highest BCUT2D eigenvalue weighted by molar-refractivity contribution is 5.78. The third kappa shape index (κ3) is 4.21. The van der Waals surface area contributed by atoms with Crippen molar-refractivity contribution in [3.63, 3.8) is 0 Å². The average Bonchev–Trinajstić information content (AvgIpc) is 2.60. The lowest BCUT2D eigenvalue weighted by Crippen LogP contribution is -2.17. The molecule has 0 fully saturated rings. The van der Waals surface area contributed by atoms with Crippen molar-refractivity contribution >= 4 is 17.2 Å². The SMILES string of the molecule is C=C(C)c1nc(-c2ccc(C(C)C)nc2NC)c(C)nc1NC(C)CC. The zero-order valence-electron chi connectivity index (χ0n) is 17.1. The first kappa shape index (κ1) is 19.9. The van der Waals surface area contributed by atoms with Crippen LogP contribution in [0.4, 0.5) is 11.6 Å². The van der Waals surface area contributed by atoms with Crippen LogP contribution in [0.15, 0.2) is 18.7 Å². The highest BCUT2D eigenvalue weighted by Crippen LogP contribution is 2.31. The van der Waals surface area contributed by atoms with Gasteiger partial charge in [0.25, 0.3) is 0 Å². The number of aromatic nitrogens is 3. The first-order valence-electron chi connectivity index (χ1n) is 9.28. The van der Waals surface area contributed by atoms with Crippen LogP contribution in [-0.4, -0.2) is 28.0 Å². The molecule has 1 atom stereocenters. The van der Waals surface area contributed by atoms with Gasteiger partial charge in [-0.3, -0.25) is 0 Å². The fourth-order valence-electron chi connectivity index (χ4n) is 2.69. The molecule has 0 aliphatic carbocycles. The summed E-state index contributed by atoms with van der Waals surface area (Å²) in [5, 5.41) is 6.65. The van der Waals surface area contributed by atoms with Crippen LogP contribution in [0.1, 0.15) is 64.0 Å². The largest absolute Gasteiger partial charge is 0.373 e. The molecule has 0 spiro atoms. The van der Waals surface area contributed by atoms with Gasteiger partial charge in [-0.05, 0) is 50.8 Å². The molecule has 5 nitrogen and oxygen atoms in total. The highest BCUT2D eigenvalue weighted by atomic mass is 15.1. The molecule has 0 saturated heterocycles. The molecule has 0 bridgehead atoms. The van der Waals surface area contributed by atoms with Gasteiger partial charge in [0.15, 0.2) is 5.82 Å². The highest BCUT2D eigenvalue weighted by Gasteiger charge is 2.18. The molecule has 2 rings (SSSR count). The van der Waals surface area contributed by atoms with Crippen molar-refractivity contribution in [1.29, 1.82) is 0 Å². The number of anilines is 2. The van der Waals surface area contributed by atoms with Crippen LogP contribution in [0.3, 0.4) is 0 Å². The van der Waals surface area contributed by atoms with Gasteiger partial charge in [-0.2, -0.15) is 0 Å². The van der Waals surface area contributed by atoms with E-state index in [-0.39, 0.29) is 0 Å². The van der Waals surface area contributed by atoms with Crippen LogP contribution >= 0.6 is 0 Å². The topological polar surface area (TPSA) is 62.7 Å². The van der Waals surface area contributed by atoms with E-state index in [0.717, 1.165) is 52.0 Å². The molecule has 2 heterocycles. The van der Waals surface area contributed by atoms with Gasteiger partial charge in [-0.25, -0.2) is 15.0 Å². The summed E-state index contributed by atoms with van der Waals surface area (Å²) in [6.45, 7) is 16.6. The molecule has 0 amide bonds. The second kappa shape index (κ2) is 8.30. The van der Waals surface area contributed by atoms with E-state index in [2.05, 4.69) is 57.0 Å². The van der Waals surface area contributed by atoms with Crippen molar-refractivity contribution in [2.75, 3.05) is 17.7 Å². The second-order valence-electron chi connectivity index (χ2n) is 7.13. The number of nitrogens with one attached hydrogen (secondary N) is 2. The van der Waals surface area contributed by atoms with E-state index in [4.69, 9.17) is 15.0 Å². The van der Waals surface area contributed by atoms with Crippen molar-refractivity contribution in [3.8, 4) is 11.3 Å². The summed E-state index contributed by atoms with van der Waals surface area (Å²) in [6, 6.07) is 4.47. The first-order chi connectivity index (χ1) is 12.3. The summed E-state index contributed by atoms with van der Waals surface area (Å²) in [4.78, 5) is 14.5. The van der Waals surface area contributed by atoms with Crippen LogP contribution in [0.5, 0.6) is 0 Å². The lowest BCUT2D eigenvalue weighted by molar-refractivity contribution is 0.756. The minimum Gasteiger partial charge on any atom is -0.373 e. The second-order valence-corrected chi connectivity index (χ2v) is 7.13. The lowest BCUT2D eigenvalue weighted by atomic mass is 10.1. The molecule has 0 saturated carbocycles. The Kier molecular flexibility index (Phi) is 6.35. The van der Waals surface area contributed by atoms with Gasteiger partial charge in [0, 0.05) is 24.3 Å². The number of nitrogens with zero attached hydrogens (tertiary/aromatic N) is 3. The van der Waals surface area contributed by atoms with E-state index in [9.17, 15) is 0 Å². The number of hydrogen-bond acceptors (Lipinski definition) is 5. The Morgan fingerprint density at radius 2 is 1.81 bits per heavy atom. The molecule has 26 heavy (non-hydrogen) atoms. The first-order valence-corrected chi connectivity index (χ1v) is 9.28. The predicted molar refractivity (Wildman–Crippen MR) is 112 cm³/mol. The van der Waals surface area contributed by atoms with Gasteiger partial charge >= 0.3 is 0 Å². The fraction of sp³-hybridized carbons (Fsp3) is 0.476. The van der Waals surface area contributed by atoms with Gasteiger partial charge in [-0.15, -0.1) is 0 Å². The lowest BCUT2D eigenvalue weighted by Gasteiger charge is -2.19. The Morgan fingerprint density at radius 1 is 1.12 bits per heavy atom. The average molecular weight is 354 g/mol. The van der Waals surface area contributed by atoms with Crippen molar-refractivity contribution in [3.05, 3.63) is 35.8 Å². The third-order valence-electron chi connectivity index (χ3n) is 4.47. The molecule has 0 aliphatic rings. The number of pyridine rings is 1. The van der Waals surface area contributed by atoms with Crippen molar-refractivity contribution < 1.29 is 0 Å². The molecule has 1 unspecified atom stereocenters. The van der Waals surface area contributed by atoms with Crippen molar-refractivity contribution in [1.82, 2.24) is 15.0 Å². The molecule has 2 aromatic heterocycles. The van der Waals surface area contributed by atoms with Gasteiger partial charge in [0.05, 0.1) is 11.4 Å². The smallest absolute Gasteiger partial charge is 0.152 e. The van der Waals surface area contributed by atoms with Gasteiger partial charge in [0.2, 0.25) is 0 Å². The minimum absolute atomic E-state index is 0.326. The van der Waals surface area contributed by atoms with E-state index >= 15 is 0 Å². The molecule has 140 valence electrons. The molecule has 2 aromatic rings. The number of hydrogen-bond donors (Lipinski definition) is 2. The maximum Gasteiger partial charge on any atom is 0.152 e. The number of aryl methyl sites for hydroxylation is 1. The van der Waals surface area contributed by atoms with Gasteiger partial charge in [-0.1, -0.05) is 27.4 Å². The van der Waals surface area contributed by atoms with Crippen LogP contribution in [0.25, 0.3) is 16.8 Å². The molecule has 2 N–H and O–H groups in total. The van der Waals surface area contributed by atoms with E-state index in [1.807, 2.05) is 20.9 Å². The Labute approximate surface area is 157 Å². The minimum atomic E-state index is 0.326. The van der Waals surface area contributed by atoms with E-state index < -0.39 is 0 Å². The zero-order valence-corrected chi connectivity index (χ0v) is 17.1. The summed E-state index contributed by atoms with van der Waals surface area (Å²) in [7, 11) is 1.89.